The molecule has 0 spiro atoms. The summed E-state index contributed by atoms with van der Waals surface area (Å²) in [5.41, 5.74) is 4.72. The van der Waals surface area contributed by atoms with Crippen molar-refractivity contribution in [3.8, 4) is 11.5 Å². The van der Waals surface area contributed by atoms with Crippen LogP contribution in [0.5, 0.6) is 11.5 Å². The van der Waals surface area contributed by atoms with Crippen LogP contribution in [-0.2, 0) is 6.61 Å². The summed E-state index contributed by atoms with van der Waals surface area (Å²) < 4.78 is 11.2. The highest BCUT2D eigenvalue weighted by Crippen LogP contribution is 2.28. The maximum absolute atomic E-state index is 5.89. The number of hydrogen-bond acceptors (Lipinski definition) is 6. The van der Waals surface area contributed by atoms with Crippen LogP contribution < -0.4 is 14.9 Å². The minimum absolute atomic E-state index is 0.329. The number of anilines is 1. The minimum Gasteiger partial charge on any atom is -0.493 e. The summed E-state index contributed by atoms with van der Waals surface area (Å²) in [6.07, 6.45) is 1.66. The molecule has 6 nitrogen and oxygen atoms in total. The first-order chi connectivity index (χ1) is 12.7. The molecule has 7 heteroatoms. The van der Waals surface area contributed by atoms with E-state index in [4.69, 9.17) is 21.1 Å². The number of rotatable bonds is 7. The van der Waals surface area contributed by atoms with Gasteiger partial charge in [0, 0.05) is 0 Å². The van der Waals surface area contributed by atoms with Crippen molar-refractivity contribution < 1.29 is 9.47 Å². The molecule has 0 unspecified atom stereocenters. The highest BCUT2D eigenvalue weighted by molar-refractivity contribution is 6.29. The van der Waals surface area contributed by atoms with E-state index in [0.717, 1.165) is 11.1 Å². The topological polar surface area (TPSA) is 68.6 Å². The maximum atomic E-state index is 5.89. The number of nitrogens with one attached hydrogen (secondary N) is 1. The third-order valence-corrected chi connectivity index (χ3v) is 3.65. The quantitative estimate of drug-likeness (QED) is 0.501. The lowest BCUT2D eigenvalue weighted by Crippen LogP contribution is -1.99. The third-order valence-electron chi connectivity index (χ3n) is 3.45. The Morgan fingerprint density at radius 2 is 1.88 bits per heavy atom. The predicted molar refractivity (Wildman–Crippen MR) is 102 cm³/mol. The number of hydrogen-bond donors (Lipinski definition) is 1. The van der Waals surface area contributed by atoms with Crippen LogP contribution in [-0.4, -0.2) is 23.5 Å². The minimum atomic E-state index is 0.329. The first-order valence-corrected chi connectivity index (χ1v) is 8.25. The van der Waals surface area contributed by atoms with Crippen molar-refractivity contribution in [3.63, 3.8) is 0 Å². The van der Waals surface area contributed by atoms with Gasteiger partial charge >= 0.3 is 0 Å². The molecule has 26 heavy (non-hydrogen) atoms. The van der Waals surface area contributed by atoms with Crippen molar-refractivity contribution >= 4 is 23.6 Å². The van der Waals surface area contributed by atoms with Gasteiger partial charge in [-0.3, -0.25) is 5.43 Å². The average molecular weight is 369 g/mol. The number of aromatic nitrogens is 2. The lowest BCUT2D eigenvalue weighted by molar-refractivity contribution is 0.284. The van der Waals surface area contributed by atoms with Gasteiger partial charge in [0.25, 0.3) is 0 Å². The van der Waals surface area contributed by atoms with Gasteiger partial charge in [0.05, 0.1) is 13.3 Å². The predicted octanol–water partition coefficient (Wildman–Crippen LogP) is 4.16. The average Bonchev–Trinajstić information content (AvgIpc) is 2.69. The fraction of sp³-hybridized carbons (Fsp3) is 0.105. The normalized spacial score (nSPS) is 10.7. The molecular weight excluding hydrogens is 352 g/mol. The molecule has 0 fully saturated rings. The molecule has 0 amide bonds. The molecular formula is C19H17ClN4O2. The van der Waals surface area contributed by atoms with Crippen LogP contribution in [0.4, 0.5) is 5.82 Å². The van der Waals surface area contributed by atoms with E-state index in [2.05, 4.69) is 20.7 Å². The Bertz CT molecular complexity index is 870. The second-order valence-corrected chi connectivity index (χ2v) is 5.68. The number of ether oxygens (including phenoxy) is 2. The summed E-state index contributed by atoms with van der Waals surface area (Å²) in [5, 5.41) is 12.1. The molecule has 3 aromatic rings. The second-order valence-electron chi connectivity index (χ2n) is 5.30. The van der Waals surface area contributed by atoms with Crippen LogP contribution in [0.2, 0.25) is 5.15 Å². The summed E-state index contributed by atoms with van der Waals surface area (Å²) in [4.78, 5) is 0. The van der Waals surface area contributed by atoms with Gasteiger partial charge in [-0.25, -0.2) is 0 Å². The van der Waals surface area contributed by atoms with Crippen molar-refractivity contribution in [1.82, 2.24) is 10.2 Å². The number of hydrazone groups is 1. The molecule has 1 N–H and O–H groups in total. The van der Waals surface area contributed by atoms with Crippen molar-refractivity contribution in [3.05, 3.63) is 76.9 Å². The van der Waals surface area contributed by atoms with Gasteiger partial charge in [0.2, 0.25) is 0 Å². The van der Waals surface area contributed by atoms with Gasteiger partial charge in [0.1, 0.15) is 6.61 Å². The van der Waals surface area contributed by atoms with Crippen molar-refractivity contribution in [2.75, 3.05) is 12.5 Å². The van der Waals surface area contributed by atoms with E-state index in [0.29, 0.717) is 29.1 Å². The van der Waals surface area contributed by atoms with Crippen LogP contribution in [0.1, 0.15) is 11.1 Å². The zero-order chi connectivity index (χ0) is 18.2. The van der Waals surface area contributed by atoms with Gasteiger partial charge in [-0.2, -0.15) is 5.10 Å². The summed E-state index contributed by atoms with van der Waals surface area (Å²) in [7, 11) is 1.61. The fourth-order valence-corrected chi connectivity index (χ4v) is 2.27. The van der Waals surface area contributed by atoms with E-state index in [9.17, 15) is 0 Å². The summed E-state index contributed by atoms with van der Waals surface area (Å²) in [6, 6.07) is 18.8. The largest absolute Gasteiger partial charge is 0.493 e. The van der Waals surface area contributed by atoms with Crippen molar-refractivity contribution in [2.24, 2.45) is 5.10 Å². The van der Waals surface area contributed by atoms with Crippen LogP contribution >= 0.6 is 11.6 Å². The Labute approximate surface area is 156 Å². The van der Waals surface area contributed by atoms with Crippen LogP contribution in [0.15, 0.2) is 65.8 Å². The van der Waals surface area contributed by atoms with Gasteiger partial charge in [0.15, 0.2) is 22.5 Å². The molecule has 132 valence electrons. The Morgan fingerprint density at radius 1 is 1.04 bits per heavy atom. The van der Waals surface area contributed by atoms with Crippen molar-refractivity contribution in [2.45, 2.75) is 6.61 Å². The number of nitrogens with zero attached hydrogens (tertiary/aromatic N) is 3. The molecule has 1 heterocycles. The number of halogens is 1. The van der Waals surface area contributed by atoms with E-state index in [1.165, 1.54) is 0 Å². The van der Waals surface area contributed by atoms with E-state index in [1.54, 1.807) is 25.5 Å². The molecule has 0 atom stereocenters. The lowest BCUT2D eigenvalue weighted by Gasteiger charge is -2.11. The summed E-state index contributed by atoms with van der Waals surface area (Å²) >= 11 is 5.70. The van der Waals surface area contributed by atoms with E-state index in [1.807, 2.05) is 48.5 Å². The first-order valence-electron chi connectivity index (χ1n) is 7.87. The molecule has 2 aromatic carbocycles. The molecule has 0 radical (unpaired) electrons. The monoisotopic (exact) mass is 368 g/mol. The molecule has 0 bridgehead atoms. The molecule has 1 aromatic heterocycles. The molecule has 0 aliphatic heterocycles. The Balaban J connectivity index is 1.67. The molecule has 3 rings (SSSR count). The van der Waals surface area contributed by atoms with Crippen LogP contribution in [0.3, 0.4) is 0 Å². The van der Waals surface area contributed by atoms with Gasteiger partial charge in [-0.15, -0.1) is 10.2 Å². The smallest absolute Gasteiger partial charge is 0.168 e. The second kappa shape index (κ2) is 8.82. The number of benzene rings is 2. The Morgan fingerprint density at radius 3 is 2.62 bits per heavy atom. The zero-order valence-electron chi connectivity index (χ0n) is 14.1. The summed E-state index contributed by atoms with van der Waals surface area (Å²) in [6.45, 7) is 0.455. The zero-order valence-corrected chi connectivity index (χ0v) is 14.8. The molecule has 0 saturated heterocycles. The molecule has 0 saturated carbocycles. The highest BCUT2D eigenvalue weighted by Gasteiger charge is 2.05. The van der Waals surface area contributed by atoms with E-state index in [-0.39, 0.29) is 0 Å². The van der Waals surface area contributed by atoms with Gasteiger partial charge < -0.3 is 9.47 Å². The molecule has 0 aliphatic rings. The standard InChI is InChI=1S/C19H17ClN4O2/c1-25-16-8-7-15(12-21-23-19-10-9-18(20)22-24-19)11-17(16)26-13-14-5-3-2-4-6-14/h2-12H,13H2,1H3,(H,23,24). The van der Waals surface area contributed by atoms with E-state index < -0.39 is 0 Å². The Hall–Kier alpha value is -3.12. The van der Waals surface area contributed by atoms with Crippen LogP contribution in [0, 0.1) is 0 Å². The molecule has 0 aliphatic carbocycles. The first kappa shape index (κ1) is 17.7. The third kappa shape index (κ3) is 4.94. The van der Waals surface area contributed by atoms with E-state index >= 15 is 0 Å². The Kier molecular flexibility index (Phi) is 6.01. The summed E-state index contributed by atoms with van der Waals surface area (Å²) in [5.74, 6) is 1.81. The van der Waals surface area contributed by atoms with Gasteiger partial charge in [-0.1, -0.05) is 41.9 Å². The SMILES string of the molecule is COc1ccc(C=NNc2ccc(Cl)nn2)cc1OCc1ccccc1. The van der Waals surface area contributed by atoms with Crippen molar-refractivity contribution in [1.29, 1.82) is 0 Å². The lowest BCUT2D eigenvalue weighted by atomic mass is 10.2. The fourth-order valence-electron chi connectivity index (χ4n) is 2.17. The number of methoxy groups -OCH3 is 1. The van der Waals surface area contributed by atoms with Gasteiger partial charge in [-0.05, 0) is 41.5 Å². The van der Waals surface area contributed by atoms with Crippen LogP contribution in [0.25, 0.3) is 0 Å². The highest BCUT2D eigenvalue weighted by atomic mass is 35.5. The maximum Gasteiger partial charge on any atom is 0.168 e.